The fourth-order valence-electron chi connectivity index (χ4n) is 3.79. The Morgan fingerprint density at radius 1 is 1.02 bits per heavy atom. The molecule has 41 heavy (non-hydrogen) atoms. The Morgan fingerprint density at radius 3 is 2.32 bits per heavy atom. The van der Waals surface area contributed by atoms with E-state index in [9.17, 15) is 32.8 Å². The molecule has 0 radical (unpaired) electrons. The van der Waals surface area contributed by atoms with Gasteiger partial charge in [-0.15, -0.1) is 0 Å². The summed E-state index contributed by atoms with van der Waals surface area (Å²) in [5.41, 5.74) is 5.47. The fourth-order valence-corrected chi connectivity index (χ4v) is 3.91. The van der Waals surface area contributed by atoms with E-state index in [0.717, 1.165) is 10.8 Å². The van der Waals surface area contributed by atoms with Crippen molar-refractivity contribution in [1.29, 1.82) is 0 Å². The van der Waals surface area contributed by atoms with Gasteiger partial charge in [0.2, 0.25) is 17.6 Å². The second-order valence-electron chi connectivity index (χ2n) is 8.82. The average Bonchev–Trinajstić information content (AvgIpc) is 2.95. The molecule has 3 aromatic rings. The predicted octanol–water partition coefficient (Wildman–Crippen LogP) is 1.33. The second kappa shape index (κ2) is 13.6. The average molecular weight is 589 g/mol. The molecular weight excluding hydrogens is 562 g/mol. The van der Waals surface area contributed by atoms with Gasteiger partial charge < -0.3 is 21.7 Å². The maximum atomic E-state index is 15.0. The molecule has 0 spiro atoms. The third-order valence-corrected chi connectivity index (χ3v) is 6.04. The number of nitrogens with one attached hydrogen (secondary N) is 3. The molecule has 0 aliphatic heterocycles. The molecule has 3 amide bonds. The summed E-state index contributed by atoms with van der Waals surface area (Å²) < 4.78 is 30.9. The summed E-state index contributed by atoms with van der Waals surface area (Å²) in [6, 6.07) is 12.3. The van der Waals surface area contributed by atoms with E-state index >= 15 is 0 Å². The fraction of sp³-hybridized carbons (Fsp3) is 0.259. The minimum atomic E-state index is -4.59. The van der Waals surface area contributed by atoms with Gasteiger partial charge >= 0.3 is 5.92 Å². The first kappa shape index (κ1) is 30.9. The van der Waals surface area contributed by atoms with E-state index in [4.69, 9.17) is 17.3 Å². The van der Waals surface area contributed by atoms with Gasteiger partial charge in [-0.3, -0.25) is 28.5 Å². The van der Waals surface area contributed by atoms with Gasteiger partial charge in [0.25, 0.3) is 11.5 Å². The summed E-state index contributed by atoms with van der Waals surface area (Å²) in [6.45, 7) is 0.300. The van der Waals surface area contributed by atoms with Gasteiger partial charge in [0.05, 0.1) is 18.8 Å². The minimum absolute atomic E-state index is 0.0389. The molecule has 1 unspecified atom stereocenters. The molecule has 0 saturated carbocycles. The Bertz CT molecular complexity index is 1480. The zero-order valence-electron chi connectivity index (χ0n) is 21.8. The number of rotatable bonds is 12. The van der Waals surface area contributed by atoms with Crippen LogP contribution in [0.5, 0.6) is 0 Å². The number of nitrogen functional groups attached to an aromatic ring is 1. The number of anilines is 1. The zero-order chi connectivity index (χ0) is 30.2. The predicted molar refractivity (Wildman–Crippen MR) is 147 cm³/mol. The van der Waals surface area contributed by atoms with E-state index in [0.29, 0.717) is 16.1 Å². The SMILES string of the molecule is CCNC(=O)CNC(=O)C(F)(F)C(=O)C(Cc1ccccc1)NC(=O)Cn1c(-c2ccc(Cl)cc2)ncc(N)c1=O. The van der Waals surface area contributed by atoms with Gasteiger partial charge in [-0.05, 0) is 36.8 Å². The maximum absolute atomic E-state index is 15.0. The molecule has 0 aliphatic carbocycles. The van der Waals surface area contributed by atoms with Crippen molar-refractivity contribution in [2.75, 3.05) is 18.8 Å². The van der Waals surface area contributed by atoms with Crippen LogP contribution in [0.15, 0.2) is 65.6 Å². The van der Waals surface area contributed by atoms with Crippen LogP contribution in [-0.2, 0) is 32.1 Å². The molecule has 5 N–H and O–H groups in total. The van der Waals surface area contributed by atoms with Gasteiger partial charge in [0, 0.05) is 23.6 Å². The first-order valence-electron chi connectivity index (χ1n) is 12.4. The van der Waals surface area contributed by atoms with Crippen LogP contribution in [-0.4, -0.2) is 58.1 Å². The number of carbonyl (C=O) groups is 4. The smallest absolute Gasteiger partial charge is 0.383 e. The first-order chi connectivity index (χ1) is 19.4. The number of alkyl halides is 2. The first-order valence-corrected chi connectivity index (χ1v) is 12.7. The van der Waals surface area contributed by atoms with Gasteiger partial charge in [-0.2, -0.15) is 8.78 Å². The van der Waals surface area contributed by atoms with E-state index in [1.807, 2.05) is 0 Å². The van der Waals surface area contributed by atoms with Crippen molar-refractivity contribution in [1.82, 2.24) is 25.5 Å². The number of ketones is 1. The van der Waals surface area contributed by atoms with Crippen molar-refractivity contribution in [3.63, 3.8) is 0 Å². The van der Waals surface area contributed by atoms with Crippen LogP contribution in [0, 0.1) is 0 Å². The van der Waals surface area contributed by atoms with Crippen molar-refractivity contribution in [2.24, 2.45) is 0 Å². The number of amides is 3. The van der Waals surface area contributed by atoms with E-state index < -0.39 is 60.5 Å². The van der Waals surface area contributed by atoms with Crippen molar-refractivity contribution in [2.45, 2.75) is 31.9 Å². The normalized spacial score (nSPS) is 11.8. The van der Waals surface area contributed by atoms with Crippen LogP contribution < -0.4 is 27.2 Å². The van der Waals surface area contributed by atoms with Crippen LogP contribution in [0.1, 0.15) is 12.5 Å². The Labute approximate surface area is 238 Å². The lowest BCUT2D eigenvalue weighted by atomic mass is 9.98. The highest BCUT2D eigenvalue weighted by atomic mass is 35.5. The lowest BCUT2D eigenvalue weighted by Gasteiger charge is -2.23. The molecule has 0 bridgehead atoms. The number of hydrogen-bond donors (Lipinski definition) is 4. The third-order valence-electron chi connectivity index (χ3n) is 5.79. The van der Waals surface area contributed by atoms with Crippen LogP contribution in [0.4, 0.5) is 14.5 Å². The number of hydrogen-bond acceptors (Lipinski definition) is 7. The lowest BCUT2D eigenvalue weighted by molar-refractivity contribution is -0.160. The molecule has 0 saturated heterocycles. The molecule has 11 nitrogen and oxygen atoms in total. The minimum Gasteiger partial charge on any atom is -0.393 e. The number of carbonyl (C=O) groups excluding carboxylic acids is 4. The summed E-state index contributed by atoms with van der Waals surface area (Å²) in [7, 11) is 0. The van der Waals surface area contributed by atoms with E-state index in [1.165, 1.54) is 12.1 Å². The number of likely N-dealkylation sites (N-methyl/N-ethyl adjacent to an activating group) is 1. The molecule has 14 heteroatoms. The number of aromatic nitrogens is 2. The number of nitrogens with two attached hydrogens (primary N) is 1. The van der Waals surface area contributed by atoms with Gasteiger partial charge in [-0.25, -0.2) is 4.98 Å². The molecule has 2 aromatic carbocycles. The number of benzene rings is 2. The second-order valence-corrected chi connectivity index (χ2v) is 9.26. The molecule has 0 fully saturated rings. The molecule has 216 valence electrons. The lowest BCUT2D eigenvalue weighted by Crippen LogP contribution is -2.56. The third kappa shape index (κ3) is 7.94. The van der Waals surface area contributed by atoms with Crippen LogP contribution in [0.2, 0.25) is 5.02 Å². The zero-order valence-corrected chi connectivity index (χ0v) is 22.6. The Morgan fingerprint density at radius 2 is 1.68 bits per heavy atom. The summed E-state index contributed by atoms with van der Waals surface area (Å²) in [4.78, 5) is 66.8. The molecule has 1 aromatic heterocycles. The maximum Gasteiger partial charge on any atom is 0.383 e. The molecular formula is C27H27ClF2N6O5. The number of halogens is 3. The molecule has 0 aliphatic rings. The van der Waals surface area contributed by atoms with Crippen molar-refractivity contribution >= 4 is 40.8 Å². The monoisotopic (exact) mass is 588 g/mol. The van der Waals surface area contributed by atoms with E-state index in [1.54, 1.807) is 54.7 Å². The Kier molecular flexibility index (Phi) is 10.3. The van der Waals surface area contributed by atoms with Crippen LogP contribution >= 0.6 is 11.6 Å². The van der Waals surface area contributed by atoms with Crippen molar-refractivity contribution in [3.05, 3.63) is 81.7 Å². The summed E-state index contributed by atoms with van der Waals surface area (Å²) >= 11 is 5.93. The number of nitrogens with zero attached hydrogens (tertiary/aromatic N) is 2. The van der Waals surface area contributed by atoms with E-state index in [2.05, 4.69) is 15.6 Å². The number of Topliss-reactive ketones (excluding diaryl/α,β-unsaturated/α-hetero) is 1. The largest absolute Gasteiger partial charge is 0.393 e. The summed E-state index contributed by atoms with van der Waals surface area (Å²) in [5, 5.41) is 6.69. The van der Waals surface area contributed by atoms with Crippen LogP contribution in [0.25, 0.3) is 11.4 Å². The molecule has 1 atom stereocenters. The Balaban J connectivity index is 1.88. The van der Waals surface area contributed by atoms with Crippen LogP contribution in [0.3, 0.4) is 0 Å². The van der Waals surface area contributed by atoms with Gasteiger partial charge in [0.1, 0.15) is 18.1 Å². The van der Waals surface area contributed by atoms with Gasteiger partial charge in [-0.1, -0.05) is 41.9 Å². The molecule has 1 heterocycles. The van der Waals surface area contributed by atoms with Crippen molar-refractivity contribution in [3.8, 4) is 11.4 Å². The standard InChI is InChI=1S/C27H27ClF2N6O5/c1-2-32-21(37)14-34-26(41)27(29,30)23(39)20(12-16-6-4-3-5-7-16)35-22(38)15-36-24(33-13-19(31)25(36)40)17-8-10-18(28)11-9-17/h3-11,13,20H,2,12,14-15,31H2,1H3,(H,32,37)(H,34,41)(H,35,38). The highest BCUT2D eigenvalue weighted by Crippen LogP contribution is 2.21. The Hall–Kier alpha value is -4.65. The molecule has 3 rings (SSSR count). The quantitative estimate of drug-likeness (QED) is 0.232. The summed E-state index contributed by atoms with van der Waals surface area (Å²) in [5.74, 6) is -10.2. The highest BCUT2D eigenvalue weighted by molar-refractivity contribution is 6.30. The summed E-state index contributed by atoms with van der Waals surface area (Å²) in [6.07, 6.45) is 0.723. The topological polar surface area (TPSA) is 165 Å². The van der Waals surface area contributed by atoms with Gasteiger partial charge in [0.15, 0.2) is 0 Å². The van der Waals surface area contributed by atoms with E-state index in [-0.39, 0.29) is 18.1 Å². The highest BCUT2D eigenvalue weighted by Gasteiger charge is 2.50. The van der Waals surface area contributed by atoms with Crippen molar-refractivity contribution < 1.29 is 28.0 Å².